The Hall–Kier alpha value is -1.21. The lowest BCUT2D eigenvalue weighted by atomic mass is 10.1. The molecule has 0 saturated carbocycles. The quantitative estimate of drug-likeness (QED) is 0.801. The molecule has 6 nitrogen and oxygen atoms in total. The fourth-order valence-corrected chi connectivity index (χ4v) is 2.84. The van der Waals surface area contributed by atoms with Crippen molar-refractivity contribution in [2.45, 2.75) is 6.54 Å². The molecule has 0 aromatic heterocycles. The second-order valence-electron chi connectivity index (χ2n) is 5.44. The summed E-state index contributed by atoms with van der Waals surface area (Å²) in [4.78, 5) is 4.85. The molecule has 0 atom stereocenters. The Bertz CT molecular complexity index is 455. The van der Waals surface area contributed by atoms with Crippen molar-refractivity contribution >= 4 is 12.4 Å². The molecule has 0 spiro atoms. The summed E-state index contributed by atoms with van der Waals surface area (Å²) in [5, 5.41) is 0. The highest BCUT2D eigenvalue weighted by molar-refractivity contribution is 5.85. The predicted molar refractivity (Wildman–Crippen MR) is 94.1 cm³/mol. The van der Waals surface area contributed by atoms with Crippen molar-refractivity contribution in [1.29, 1.82) is 0 Å². The number of piperazine rings is 1. The maximum absolute atomic E-state index is 5.61. The van der Waals surface area contributed by atoms with Crippen LogP contribution in [0.5, 0.6) is 17.2 Å². The van der Waals surface area contributed by atoms with Crippen LogP contribution in [0.3, 0.4) is 0 Å². The Morgan fingerprint density at radius 1 is 0.913 bits per heavy atom. The van der Waals surface area contributed by atoms with Gasteiger partial charge in [0.15, 0.2) is 11.5 Å². The zero-order chi connectivity index (χ0) is 15.9. The van der Waals surface area contributed by atoms with Crippen LogP contribution in [0.25, 0.3) is 0 Å². The van der Waals surface area contributed by atoms with Gasteiger partial charge in [-0.15, -0.1) is 12.4 Å². The molecule has 2 N–H and O–H groups in total. The topological polar surface area (TPSA) is 60.2 Å². The van der Waals surface area contributed by atoms with Crippen molar-refractivity contribution in [1.82, 2.24) is 9.80 Å². The molecule has 2 rings (SSSR count). The lowest BCUT2D eigenvalue weighted by Crippen LogP contribution is -2.47. The van der Waals surface area contributed by atoms with Crippen LogP contribution in [-0.2, 0) is 6.54 Å². The molecular formula is C16H28ClN3O3. The minimum absolute atomic E-state index is 0. The molecule has 0 amide bonds. The number of rotatable bonds is 7. The smallest absolute Gasteiger partial charge is 0.203 e. The van der Waals surface area contributed by atoms with Gasteiger partial charge in [0.05, 0.1) is 21.3 Å². The van der Waals surface area contributed by atoms with Crippen molar-refractivity contribution in [2.24, 2.45) is 5.73 Å². The molecule has 23 heavy (non-hydrogen) atoms. The first-order valence-electron chi connectivity index (χ1n) is 7.65. The largest absolute Gasteiger partial charge is 0.493 e. The Balaban J connectivity index is 0.00000264. The van der Waals surface area contributed by atoms with Crippen molar-refractivity contribution in [2.75, 3.05) is 60.6 Å². The normalized spacial score (nSPS) is 15.8. The van der Waals surface area contributed by atoms with E-state index in [1.165, 1.54) is 5.56 Å². The van der Waals surface area contributed by atoms with Crippen LogP contribution in [-0.4, -0.2) is 70.4 Å². The Kier molecular flexibility index (Phi) is 8.47. The average molecular weight is 346 g/mol. The van der Waals surface area contributed by atoms with E-state index in [-0.39, 0.29) is 12.4 Å². The molecule has 1 heterocycles. The van der Waals surface area contributed by atoms with Gasteiger partial charge in [-0.25, -0.2) is 0 Å². The number of benzene rings is 1. The summed E-state index contributed by atoms with van der Waals surface area (Å²) in [6, 6.07) is 4.04. The summed E-state index contributed by atoms with van der Waals surface area (Å²) >= 11 is 0. The number of hydrogen-bond acceptors (Lipinski definition) is 6. The molecule has 1 saturated heterocycles. The lowest BCUT2D eigenvalue weighted by molar-refractivity contribution is 0.129. The molecule has 0 radical (unpaired) electrons. The standard InChI is InChI=1S/C16H27N3O3.ClH/c1-20-14-10-13(11-15(21-2)16(14)22-3)12-19-8-6-18(5-4-17)7-9-19;/h10-11H,4-9,12,17H2,1-3H3;1H. The van der Waals surface area contributed by atoms with E-state index in [1.807, 2.05) is 12.1 Å². The predicted octanol–water partition coefficient (Wildman–Crippen LogP) is 1.21. The number of nitrogens with zero attached hydrogens (tertiary/aromatic N) is 2. The fraction of sp³-hybridized carbons (Fsp3) is 0.625. The molecule has 0 unspecified atom stereocenters. The third-order valence-electron chi connectivity index (χ3n) is 4.04. The number of methoxy groups -OCH3 is 3. The van der Waals surface area contributed by atoms with E-state index in [1.54, 1.807) is 21.3 Å². The first kappa shape index (κ1) is 19.8. The van der Waals surface area contributed by atoms with Crippen LogP contribution in [0.15, 0.2) is 12.1 Å². The van der Waals surface area contributed by atoms with Crippen molar-refractivity contribution in [3.05, 3.63) is 17.7 Å². The third-order valence-corrected chi connectivity index (χ3v) is 4.04. The third kappa shape index (κ3) is 5.14. The van der Waals surface area contributed by atoms with Crippen molar-refractivity contribution in [3.63, 3.8) is 0 Å². The zero-order valence-corrected chi connectivity index (χ0v) is 15.0. The van der Waals surface area contributed by atoms with E-state index >= 15 is 0 Å². The van der Waals surface area contributed by atoms with E-state index in [4.69, 9.17) is 19.9 Å². The van der Waals surface area contributed by atoms with Gasteiger partial charge in [-0.05, 0) is 17.7 Å². The summed E-state index contributed by atoms with van der Waals surface area (Å²) in [5.41, 5.74) is 6.78. The van der Waals surface area contributed by atoms with Crippen LogP contribution >= 0.6 is 12.4 Å². The van der Waals surface area contributed by atoms with E-state index in [9.17, 15) is 0 Å². The van der Waals surface area contributed by atoms with Gasteiger partial charge in [-0.3, -0.25) is 9.80 Å². The summed E-state index contributed by atoms with van der Waals surface area (Å²) in [7, 11) is 4.91. The van der Waals surface area contributed by atoms with Crippen LogP contribution in [0.4, 0.5) is 0 Å². The van der Waals surface area contributed by atoms with Crippen molar-refractivity contribution < 1.29 is 14.2 Å². The molecule has 1 aromatic rings. The summed E-state index contributed by atoms with van der Waals surface area (Å²) in [6.45, 7) is 6.84. The van der Waals surface area contributed by atoms with Gasteiger partial charge < -0.3 is 19.9 Å². The number of nitrogens with two attached hydrogens (primary N) is 1. The SMILES string of the molecule is COc1cc(CN2CCN(CCN)CC2)cc(OC)c1OC.Cl. The van der Waals surface area contributed by atoms with Crippen molar-refractivity contribution in [3.8, 4) is 17.2 Å². The summed E-state index contributed by atoms with van der Waals surface area (Å²) in [5.74, 6) is 2.05. The fourth-order valence-electron chi connectivity index (χ4n) is 2.84. The first-order valence-corrected chi connectivity index (χ1v) is 7.65. The van der Waals surface area contributed by atoms with Crippen LogP contribution in [0.2, 0.25) is 0 Å². The minimum atomic E-state index is 0. The highest BCUT2D eigenvalue weighted by Gasteiger charge is 2.18. The van der Waals surface area contributed by atoms with Crippen LogP contribution in [0, 0.1) is 0 Å². The number of hydrogen-bond donors (Lipinski definition) is 1. The Labute approximate surface area is 144 Å². The maximum atomic E-state index is 5.61. The van der Waals surface area contributed by atoms with E-state index < -0.39 is 0 Å². The second kappa shape index (κ2) is 9.82. The van der Waals surface area contributed by atoms with Gasteiger partial charge in [-0.1, -0.05) is 0 Å². The molecule has 1 aliphatic rings. The summed E-state index contributed by atoms with van der Waals surface area (Å²) in [6.07, 6.45) is 0. The van der Waals surface area contributed by atoms with Gasteiger partial charge in [-0.2, -0.15) is 0 Å². The molecule has 7 heteroatoms. The second-order valence-corrected chi connectivity index (χ2v) is 5.44. The monoisotopic (exact) mass is 345 g/mol. The zero-order valence-electron chi connectivity index (χ0n) is 14.2. The Morgan fingerprint density at radius 2 is 1.43 bits per heavy atom. The average Bonchev–Trinajstić information content (AvgIpc) is 2.56. The lowest BCUT2D eigenvalue weighted by Gasteiger charge is -2.34. The van der Waals surface area contributed by atoms with E-state index in [2.05, 4.69) is 9.80 Å². The maximum Gasteiger partial charge on any atom is 0.203 e. The van der Waals surface area contributed by atoms with Gasteiger partial charge >= 0.3 is 0 Å². The van der Waals surface area contributed by atoms with Gasteiger partial charge in [0.1, 0.15) is 0 Å². The van der Waals surface area contributed by atoms with Gasteiger partial charge in [0.25, 0.3) is 0 Å². The van der Waals surface area contributed by atoms with Gasteiger partial charge in [0, 0.05) is 45.8 Å². The van der Waals surface area contributed by atoms with Crippen LogP contribution < -0.4 is 19.9 Å². The van der Waals surface area contributed by atoms with Gasteiger partial charge in [0.2, 0.25) is 5.75 Å². The highest BCUT2D eigenvalue weighted by Crippen LogP contribution is 2.38. The molecule has 1 aromatic carbocycles. The molecular weight excluding hydrogens is 318 g/mol. The molecule has 1 aliphatic heterocycles. The first-order chi connectivity index (χ1) is 10.7. The molecule has 1 fully saturated rings. The molecule has 0 bridgehead atoms. The Morgan fingerprint density at radius 3 is 1.87 bits per heavy atom. The number of halogens is 1. The van der Waals surface area contributed by atoms with E-state index in [0.29, 0.717) is 17.2 Å². The van der Waals surface area contributed by atoms with Crippen LogP contribution in [0.1, 0.15) is 5.56 Å². The molecule has 0 aliphatic carbocycles. The number of ether oxygens (including phenoxy) is 3. The highest BCUT2D eigenvalue weighted by atomic mass is 35.5. The minimum Gasteiger partial charge on any atom is -0.493 e. The molecule has 132 valence electrons. The summed E-state index contributed by atoms with van der Waals surface area (Å²) < 4.78 is 16.2. The van der Waals surface area contributed by atoms with E-state index in [0.717, 1.165) is 45.8 Å².